The van der Waals surface area contributed by atoms with E-state index in [9.17, 15) is 4.79 Å². The fraction of sp³-hybridized carbons (Fsp3) is 0.933. The second-order valence-electron chi connectivity index (χ2n) is 6.20. The van der Waals surface area contributed by atoms with E-state index in [0.29, 0.717) is 18.7 Å². The number of urea groups is 1. The van der Waals surface area contributed by atoms with Crippen LogP contribution in [0.4, 0.5) is 4.79 Å². The van der Waals surface area contributed by atoms with Crippen molar-refractivity contribution in [2.75, 3.05) is 59.0 Å². The molecule has 0 aliphatic carbocycles. The SMILES string of the molecule is CCNC(=O)N1CCN(CC2CN(C(C)C)CCO2)CC1. The smallest absolute Gasteiger partial charge is 0.317 e. The van der Waals surface area contributed by atoms with Crippen molar-refractivity contribution < 1.29 is 9.53 Å². The molecule has 6 nitrogen and oxygen atoms in total. The van der Waals surface area contributed by atoms with Crippen LogP contribution >= 0.6 is 0 Å². The standard InChI is InChI=1S/C15H30N4O2/c1-4-16-15(20)18-7-5-17(6-8-18)11-14-12-19(13(2)3)9-10-21-14/h13-14H,4-12H2,1-3H3,(H,16,20). The molecule has 0 aromatic carbocycles. The van der Waals surface area contributed by atoms with Crippen LogP contribution in [0.3, 0.4) is 0 Å². The number of morpholine rings is 1. The summed E-state index contributed by atoms with van der Waals surface area (Å²) in [5, 5.41) is 2.87. The summed E-state index contributed by atoms with van der Waals surface area (Å²) >= 11 is 0. The molecular formula is C15H30N4O2. The minimum Gasteiger partial charge on any atom is -0.374 e. The third kappa shape index (κ3) is 4.83. The van der Waals surface area contributed by atoms with E-state index in [4.69, 9.17) is 4.74 Å². The van der Waals surface area contributed by atoms with Gasteiger partial charge in [0.1, 0.15) is 0 Å². The second kappa shape index (κ2) is 7.96. The molecule has 2 aliphatic rings. The molecule has 0 spiro atoms. The fourth-order valence-electron chi connectivity index (χ4n) is 3.01. The number of amides is 2. The zero-order valence-corrected chi connectivity index (χ0v) is 13.7. The zero-order chi connectivity index (χ0) is 15.2. The number of ether oxygens (including phenoxy) is 1. The molecule has 1 atom stereocenters. The van der Waals surface area contributed by atoms with E-state index >= 15 is 0 Å². The predicted molar refractivity (Wildman–Crippen MR) is 83.5 cm³/mol. The van der Waals surface area contributed by atoms with E-state index in [1.807, 2.05) is 11.8 Å². The summed E-state index contributed by atoms with van der Waals surface area (Å²) in [6.45, 7) is 14.5. The molecule has 2 amide bonds. The molecule has 1 N–H and O–H groups in total. The molecule has 2 rings (SSSR count). The highest BCUT2D eigenvalue weighted by atomic mass is 16.5. The zero-order valence-electron chi connectivity index (χ0n) is 13.7. The lowest BCUT2D eigenvalue weighted by Crippen LogP contribution is -2.55. The molecule has 0 aromatic heterocycles. The first-order chi connectivity index (χ1) is 10.1. The number of hydrogen-bond acceptors (Lipinski definition) is 4. The highest BCUT2D eigenvalue weighted by Gasteiger charge is 2.26. The van der Waals surface area contributed by atoms with Crippen LogP contribution in [0.2, 0.25) is 0 Å². The van der Waals surface area contributed by atoms with Crippen molar-refractivity contribution in [3.8, 4) is 0 Å². The van der Waals surface area contributed by atoms with Gasteiger partial charge in [-0.15, -0.1) is 0 Å². The lowest BCUT2D eigenvalue weighted by atomic mass is 10.2. The molecule has 6 heteroatoms. The Morgan fingerprint density at radius 2 is 1.95 bits per heavy atom. The van der Waals surface area contributed by atoms with Gasteiger partial charge in [0.05, 0.1) is 12.7 Å². The Bertz CT molecular complexity index is 330. The highest BCUT2D eigenvalue weighted by molar-refractivity contribution is 5.74. The van der Waals surface area contributed by atoms with E-state index in [2.05, 4.69) is 29.0 Å². The van der Waals surface area contributed by atoms with Crippen LogP contribution < -0.4 is 5.32 Å². The number of rotatable bonds is 4. The van der Waals surface area contributed by atoms with Crippen molar-refractivity contribution in [3.63, 3.8) is 0 Å². The highest BCUT2D eigenvalue weighted by Crippen LogP contribution is 2.11. The number of carbonyl (C=O) groups is 1. The molecule has 2 heterocycles. The Labute approximate surface area is 128 Å². The molecule has 0 saturated carbocycles. The second-order valence-corrected chi connectivity index (χ2v) is 6.20. The maximum absolute atomic E-state index is 11.8. The van der Waals surface area contributed by atoms with Gasteiger partial charge in [-0.1, -0.05) is 0 Å². The van der Waals surface area contributed by atoms with Gasteiger partial charge < -0.3 is 15.0 Å². The van der Waals surface area contributed by atoms with Crippen LogP contribution in [0.5, 0.6) is 0 Å². The Balaban J connectivity index is 1.72. The molecule has 122 valence electrons. The van der Waals surface area contributed by atoms with Crippen molar-refractivity contribution >= 4 is 6.03 Å². The molecule has 0 radical (unpaired) electrons. The molecule has 0 aromatic rings. The normalized spacial score (nSPS) is 25.3. The molecule has 2 aliphatic heterocycles. The van der Waals surface area contributed by atoms with E-state index in [-0.39, 0.29) is 6.03 Å². The van der Waals surface area contributed by atoms with E-state index in [1.54, 1.807) is 0 Å². The van der Waals surface area contributed by atoms with Gasteiger partial charge in [0.25, 0.3) is 0 Å². The molecule has 0 bridgehead atoms. The topological polar surface area (TPSA) is 48.1 Å². The first-order valence-electron chi connectivity index (χ1n) is 8.21. The molecule has 2 saturated heterocycles. The van der Waals surface area contributed by atoms with Crippen molar-refractivity contribution in [1.29, 1.82) is 0 Å². The van der Waals surface area contributed by atoms with Gasteiger partial charge in [-0.05, 0) is 20.8 Å². The average Bonchev–Trinajstić information content (AvgIpc) is 2.48. The van der Waals surface area contributed by atoms with E-state index in [0.717, 1.165) is 52.4 Å². The number of piperazine rings is 1. The third-order valence-electron chi connectivity index (χ3n) is 4.35. The fourth-order valence-corrected chi connectivity index (χ4v) is 3.01. The molecule has 21 heavy (non-hydrogen) atoms. The van der Waals surface area contributed by atoms with Crippen molar-refractivity contribution in [2.24, 2.45) is 0 Å². The monoisotopic (exact) mass is 298 g/mol. The lowest BCUT2D eigenvalue weighted by Gasteiger charge is -2.40. The minimum absolute atomic E-state index is 0.0667. The van der Waals surface area contributed by atoms with Crippen LogP contribution in [0, 0.1) is 0 Å². The summed E-state index contributed by atoms with van der Waals surface area (Å²) in [6, 6.07) is 0.656. The van der Waals surface area contributed by atoms with Crippen LogP contribution in [0.15, 0.2) is 0 Å². The quantitative estimate of drug-likeness (QED) is 0.818. The molecule has 2 fully saturated rings. The first-order valence-corrected chi connectivity index (χ1v) is 8.21. The number of hydrogen-bond donors (Lipinski definition) is 1. The number of nitrogens with one attached hydrogen (secondary N) is 1. The summed E-state index contributed by atoms with van der Waals surface area (Å²) in [6.07, 6.45) is 0.303. The van der Waals surface area contributed by atoms with Gasteiger partial charge >= 0.3 is 6.03 Å². The van der Waals surface area contributed by atoms with E-state index in [1.165, 1.54) is 0 Å². The van der Waals surface area contributed by atoms with Crippen LogP contribution in [0.1, 0.15) is 20.8 Å². The number of nitrogens with zero attached hydrogens (tertiary/aromatic N) is 3. The van der Waals surface area contributed by atoms with Gasteiger partial charge in [-0.25, -0.2) is 4.79 Å². The number of carbonyl (C=O) groups excluding carboxylic acids is 1. The Hall–Kier alpha value is -0.850. The average molecular weight is 298 g/mol. The summed E-state index contributed by atoms with van der Waals surface area (Å²) < 4.78 is 5.90. The Morgan fingerprint density at radius 1 is 1.24 bits per heavy atom. The lowest BCUT2D eigenvalue weighted by molar-refractivity contribution is -0.0552. The third-order valence-corrected chi connectivity index (χ3v) is 4.35. The van der Waals surface area contributed by atoms with Crippen LogP contribution in [0.25, 0.3) is 0 Å². The van der Waals surface area contributed by atoms with Gasteiger partial charge in [0.15, 0.2) is 0 Å². The van der Waals surface area contributed by atoms with Crippen molar-refractivity contribution in [1.82, 2.24) is 20.0 Å². The van der Waals surface area contributed by atoms with Gasteiger partial charge in [-0.2, -0.15) is 0 Å². The summed E-state index contributed by atoms with van der Waals surface area (Å²) in [5.41, 5.74) is 0. The Morgan fingerprint density at radius 3 is 2.57 bits per heavy atom. The molecule has 1 unspecified atom stereocenters. The summed E-state index contributed by atoms with van der Waals surface area (Å²) in [4.78, 5) is 18.6. The summed E-state index contributed by atoms with van der Waals surface area (Å²) in [5.74, 6) is 0. The van der Waals surface area contributed by atoms with E-state index < -0.39 is 0 Å². The largest absolute Gasteiger partial charge is 0.374 e. The van der Waals surface area contributed by atoms with Crippen LogP contribution in [-0.2, 0) is 4.74 Å². The van der Waals surface area contributed by atoms with Crippen molar-refractivity contribution in [3.05, 3.63) is 0 Å². The minimum atomic E-state index is 0.0667. The predicted octanol–water partition coefficient (Wildman–Crippen LogP) is 0.443. The molecular weight excluding hydrogens is 268 g/mol. The first kappa shape index (κ1) is 16.5. The maximum Gasteiger partial charge on any atom is 0.317 e. The summed E-state index contributed by atoms with van der Waals surface area (Å²) in [7, 11) is 0. The van der Waals surface area contributed by atoms with Crippen LogP contribution in [-0.4, -0.2) is 91.8 Å². The van der Waals surface area contributed by atoms with Gasteiger partial charge in [-0.3, -0.25) is 9.80 Å². The maximum atomic E-state index is 11.8. The van der Waals surface area contributed by atoms with Gasteiger partial charge in [0, 0.05) is 58.4 Å². The van der Waals surface area contributed by atoms with Crippen molar-refractivity contribution in [2.45, 2.75) is 32.9 Å². The van der Waals surface area contributed by atoms with Gasteiger partial charge in [0.2, 0.25) is 0 Å². The Kier molecular flexibility index (Phi) is 6.26.